The number of carboxylic acids is 1. The standard InChI is InChI=1S/C22H25NO6/c1-22(2,3)29-21(26)23-17(14-8-6-5-7-9-14)18(20(24)25)28-19(23)15-10-12-16(27-4)13-11-15/h5-13,17-19H,1-4H3,(H,24,25)/t17-,18+,19+/m0/s1. The number of ether oxygens (including phenoxy) is 3. The molecule has 7 nitrogen and oxygen atoms in total. The van der Waals surface area contributed by atoms with Gasteiger partial charge in [0, 0.05) is 5.56 Å². The maximum absolute atomic E-state index is 13.1. The normalized spacial score (nSPS) is 21.7. The van der Waals surface area contributed by atoms with Crippen LogP contribution in [-0.2, 0) is 14.3 Å². The number of amides is 1. The molecule has 0 bridgehead atoms. The summed E-state index contributed by atoms with van der Waals surface area (Å²) in [5.41, 5.74) is 0.535. The molecule has 0 radical (unpaired) electrons. The summed E-state index contributed by atoms with van der Waals surface area (Å²) in [6.07, 6.45) is -2.80. The van der Waals surface area contributed by atoms with Gasteiger partial charge in [-0.05, 0) is 38.5 Å². The first-order chi connectivity index (χ1) is 13.7. The fraction of sp³-hybridized carbons (Fsp3) is 0.364. The lowest BCUT2D eigenvalue weighted by Crippen LogP contribution is -2.40. The average molecular weight is 399 g/mol. The fourth-order valence-electron chi connectivity index (χ4n) is 3.28. The molecule has 1 saturated heterocycles. The molecule has 154 valence electrons. The van der Waals surface area contributed by atoms with E-state index in [1.807, 2.05) is 6.07 Å². The van der Waals surface area contributed by atoms with Crippen molar-refractivity contribution in [1.82, 2.24) is 4.90 Å². The predicted octanol–water partition coefficient (Wildman–Crippen LogP) is 4.16. The molecule has 0 spiro atoms. The molecule has 1 aliphatic heterocycles. The van der Waals surface area contributed by atoms with Crippen molar-refractivity contribution in [2.75, 3.05) is 7.11 Å². The number of carbonyl (C=O) groups is 2. The van der Waals surface area contributed by atoms with E-state index in [9.17, 15) is 14.7 Å². The predicted molar refractivity (Wildman–Crippen MR) is 105 cm³/mol. The maximum Gasteiger partial charge on any atom is 0.413 e. The zero-order valence-corrected chi connectivity index (χ0v) is 16.9. The number of hydrogen-bond donors (Lipinski definition) is 1. The van der Waals surface area contributed by atoms with Gasteiger partial charge in [0.1, 0.15) is 17.4 Å². The van der Waals surface area contributed by atoms with Crippen molar-refractivity contribution in [2.45, 2.75) is 44.7 Å². The van der Waals surface area contributed by atoms with Gasteiger partial charge in [0.2, 0.25) is 0 Å². The summed E-state index contributed by atoms with van der Waals surface area (Å²) < 4.78 is 16.7. The monoisotopic (exact) mass is 399 g/mol. The molecule has 2 aromatic rings. The molecule has 2 aromatic carbocycles. The molecule has 0 unspecified atom stereocenters. The Hall–Kier alpha value is -3.06. The van der Waals surface area contributed by atoms with Crippen molar-refractivity contribution in [3.05, 3.63) is 65.7 Å². The third kappa shape index (κ3) is 4.51. The Balaban J connectivity index is 2.07. The van der Waals surface area contributed by atoms with Crippen LogP contribution in [0, 0.1) is 0 Å². The average Bonchev–Trinajstić information content (AvgIpc) is 3.08. The Kier molecular flexibility index (Phi) is 5.79. The Bertz CT molecular complexity index is 859. The van der Waals surface area contributed by atoms with Gasteiger partial charge in [0.05, 0.1) is 7.11 Å². The molecule has 0 aromatic heterocycles. The molecule has 29 heavy (non-hydrogen) atoms. The molecule has 1 N–H and O–H groups in total. The van der Waals surface area contributed by atoms with Crippen molar-refractivity contribution >= 4 is 12.1 Å². The Morgan fingerprint density at radius 3 is 2.14 bits per heavy atom. The summed E-state index contributed by atoms with van der Waals surface area (Å²) in [5.74, 6) is -0.506. The molecule has 1 amide bonds. The van der Waals surface area contributed by atoms with Crippen LogP contribution >= 0.6 is 0 Å². The molecular weight excluding hydrogens is 374 g/mol. The zero-order chi connectivity index (χ0) is 21.2. The van der Waals surface area contributed by atoms with Gasteiger partial charge in [-0.25, -0.2) is 9.59 Å². The zero-order valence-electron chi connectivity index (χ0n) is 16.9. The van der Waals surface area contributed by atoms with E-state index in [1.165, 1.54) is 4.90 Å². The highest BCUT2D eigenvalue weighted by Gasteiger charge is 2.51. The van der Waals surface area contributed by atoms with Gasteiger partial charge in [-0.15, -0.1) is 0 Å². The first-order valence-electron chi connectivity index (χ1n) is 9.30. The number of nitrogens with zero attached hydrogens (tertiary/aromatic N) is 1. The minimum absolute atomic E-state index is 0.626. The van der Waals surface area contributed by atoms with Gasteiger partial charge in [-0.3, -0.25) is 4.90 Å². The Morgan fingerprint density at radius 2 is 1.62 bits per heavy atom. The van der Waals surface area contributed by atoms with Gasteiger partial charge < -0.3 is 19.3 Å². The highest BCUT2D eigenvalue weighted by molar-refractivity contribution is 5.77. The number of aliphatic carboxylic acids is 1. The van der Waals surface area contributed by atoms with Crippen molar-refractivity contribution in [2.24, 2.45) is 0 Å². The molecule has 1 aliphatic rings. The van der Waals surface area contributed by atoms with Gasteiger partial charge >= 0.3 is 12.1 Å². The van der Waals surface area contributed by atoms with Crippen LogP contribution in [0.15, 0.2) is 54.6 Å². The second kappa shape index (κ2) is 8.13. The molecule has 1 heterocycles. The molecule has 0 saturated carbocycles. The minimum Gasteiger partial charge on any atom is -0.497 e. The SMILES string of the molecule is COc1ccc([C@H]2O[C@@H](C(=O)O)[C@H](c3ccccc3)N2C(=O)OC(C)(C)C)cc1. The van der Waals surface area contributed by atoms with E-state index in [4.69, 9.17) is 14.2 Å². The number of rotatable bonds is 4. The Morgan fingerprint density at radius 1 is 1.00 bits per heavy atom. The van der Waals surface area contributed by atoms with Crippen molar-refractivity contribution in [3.63, 3.8) is 0 Å². The van der Waals surface area contributed by atoms with E-state index < -0.39 is 36.0 Å². The third-order valence-corrected chi connectivity index (χ3v) is 4.50. The topological polar surface area (TPSA) is 85.3 Å². The van der Waals surface area contributed by atoms with Crippen molar-refractivity contribution in [3.8, 4) is 5.75 Å². The van der Waals surface area contributed by atoms with Gasteiger partial charge in [-0.2, -0.15) is 0 Å². The lowest BCUT2D eigenvalue weighted by atomic mass is 10.0. The quantitative estimate of drug-likeness (QED) is 0.831. The molecule has 1 fully saturated rings. The molecule has 0 aliphatic carbocycles. The van der Waals surface area contributed by atoms with Crippen molar-refractivity contribution < 1.29 is 28.9 Å². The second-order valence-corrected chi connectivity index (χ2v) is 7.76. The highest BCUT2D eigenvalue weighted by atomic mass is 16.6. The summed E-state index contributed by atoms with van der Waals surface area (Å²) in [7, 11) is 1.56. The van der Waals surface area contributed by atoms with Crippen LogP contribution < -0.4 is 4.74 Å². The number of carboxylic acid groups (broad SMARTS) is 1. The maximum atomic E-state index is 13.1. The minimum atomic E-state index is -1.24. The number of methoxy groups -OCH3 is 1. The molecular formula is C22H25NO6. The smallest absolute Gasteiger partial charge is 0.413 e. The fourth-order valence-corrected chi connectivity index (χ4v) is 3.28. The van der Waals surface area contributed by atoms with Gasteiger partial charge in [-0.1, -0.05) is 42.5 Å². The molecule has 3 atom stereocenters. The number of benzene rings is 2. The van der Waals surface area contributed by atoms with E-state index in [2.05, 4.69) is 0 Å². The summed E-state index contributed by atoms with van der Waals surface area (Å²) in [4.78, 5) is 26.5. The first-order valence-corrected chi connectivity index (χ1v) is 9.30. The van der Waals surface area contributed by atoms with E-state index in [1.54, 1.807) is 76.4 Å². The van der Waals surface area contributed by atoms with Gasteiger partial charge in [0.15, 0.2) is 12.3 Å². The van der Waals surface area contributed by atoms with Crippen LogP contribution in [0.2, 0.25) is 0 Å². The summed E-state index contributed by atoms with van der Waals surface area (Å²) in [5, 5.41) is 9.80. The summed E-state index contributed by atoms with van der Waals surface area (Å²) in [6, 6.07) is 15.1. The Labute approximate surface area is 169 Å². The highest BCUT2D eigenvalue weighted by Crippen LogP contribution is 2.44. The second-order valence-electron chi connectivity index (χ2n) is 7.76. The molecule has 3 rings (SSSR count). The van der Waals surface area contributed by atoms with Crippen LogP contribution in [-0.4, -0.2) is 40.9 Å². The van der Waals surface area contributed by atoms with Crippen LogP contribution in [0.4, 0.5) is 4.79 Å². The number of carbonyl (C=O) groups excluding carboxylic acids is 1. The molecule has 7 heteroatoms. The van der Waals surface area contributed by atoms with E-state index >= 15 is 0 Å². The third-order valence-electron chi connectivity index (χ3n) is 4.50. The summed E-state index contributed by atoms with van der Waals surface area (Å²) in [6.45, 7) is 5.28. The van der Waals surface area contributed by atoms with Gasteiger partial charge in [0.25, 0.3) is 0 Å². The summed E-state index contributed by atoms with van der Waals surface area (Å²) >= 11 is 0. The van der Waals surface area contributed by atoms with E-state index in [0.29, 0.717) is 16.9 Å². The van der Waals surface area contributed by atoms with Crippen LogP contribution in [0.1, 0.15) is 44.2 Å². The van der Waals surface area contributed by atoms with Crippen LogP contribution in [0.3, 0.4) is 0 Å². The van der Waals surface area contributed by atoms with Crippen molar-refractivity contribution in [1.29, 1.82) is 0 Å². The lowest BCUT2D eigenvalue weighted by Gasteiger charge is -2.31. The van der Waals surface area contributed by atoms with Crippen LogP contribution in [0.5, 0.6) is 5.75 Å². The van der Waals surface area contributed by atoms with Crippen LogP contribution in [0.25, 0.3) is 0 Å². The largest absolute Gasteiger partial charge is 0.497 e. The van der Waals surface area contributed by atoms with E-state index in [-0.39, 0.29) is 0 Å². The number of hydrogen-bond acceptors (Lipinski definition) is 5. The van der Waals surface area contributed by atoms with E-state index in [0.717, 1.165) is 0 Å². The first kappa shape index (κ1) is 20.7. The lowest BCUT2D eigenvalue weighted by molar-refractivity contribution is -0.150.